The van der Waals surface area contributed by atoms with E-state index in [2.05, 4.69) is 16.4 Å². The molecule has 0 aliphatic rings. The van der Waals surface area contributed by atoms with Gasteiger partial charge in [-0.05, 0) is 38.3 Å². The fourth-order valence-corrected chi connectivity index (χ4v) is 1.65. The Balaban J connectivity index is 2.36. The number of hydrogen-bond donors (Lipinski definition) is 2. The molecule has 0 spiro atoms. The number of anilines is 1. The molecule has 1 atom stereocenters. The second-order valence-corrected chi connectivity index (χ2v) is 4.92. The molecule has 3 nitrogen and oxygen atoms in total. The van der Waals surface area contributed by atoms with Crippen LogP contribution in [-0.2, 0) is 0 Å². The molecule has 90 valence electrons. The first-order valence-corrected chi connectivity index (χ1v) is 5.80. The van der Waals surface area contributed by atoms with E-state index in [0.29, 0.717) is 0 Å². The van der Waals surface area contributed by atoms with Crippen LogP contribution in [0.25, 0.3) is 10.8 Å². The van der Waals surface area contributed by atoms with Crippen molar-refractivity contribution >= 4 is 16.5 Å². The van der Waals surface area contributed by atoms with Crippen molar-refractivity contribution in [1.82, 2.24) is 4.98 Å². The summed E-state index contributed by atoms with van der Waals surface area (Å²) >= 11 is 0. The summed E-state index contributed by atoms with van der Waals surface area (Å²) in [4.78, 5) is 4.14. The highest BCUT2D eigenvalue weighted by atomic mass is 16.3. The molecule has 0 fully saturated rings. The Hall–Kier alpha value is -1.61. The van der Waals surface area contributed by atoms with Crippen molar-refractivity contribution in [3.05, 3.63) is 36.7 Å². The summed E-state index contributed by atoms with van der Waals surface area (Å²) in [5.74, 6) is 0. The van der Waals surface area contributed by atoms with Crippen LogP contribution in [0.5, 0.6) is 0 Å². The number of benzene rings is 1. The predicted octanol–water partition coefficient (Wildman–Crippen LogP) is 2.81. The minimum Gasteiger partial charge on any atom is -0.388 e. The molecule has 1 heterocycles. The first-order chi connectivity index (χ1) is 7.98. The summed E-state index contributed by atoms with van der Waals surface area (Å²) < 4.78 is 0. The molecule has 2 aromatic rings. The fraction of sp³-hybridized carbons (Fsp3) is 0.357. The van der Waals surface area contributed by atoms with Crippen molar-refractivity contribution < 1.29 is 5.11 Å². The van der Waals surface area contributed by atoms with Gasteiger partial charge in [-0.3, -0.25) is 4.98 Å². The van der Waals surface area contributed by atoms with Crippen molar-refractivity contribution in [2.45, 2.75) is 32.4 Å². The summed E-state index contributed by atoms with van der Waals surface area (Å²) in [5, 5.41) is 15.5. The molecule has 1 aromatic heterocycles. The predicted molar refractivity (Wildman–Crippen MR) is 71.1 cm³/mol. The van der Waals surface area contributed by atoms with Crippen molar-refractivity contribution in [2.75, 3.05) is 5.32 Å². The first-order valence-electron chi connectivity index (χ1n) is 5.80. The molecular weight excluding hydrogens is 212 g/mol. The number of nitrogens with one attached hydrogen (secondary N) is 1. The summed E-state index contributed by atoms with van der Waals surface area (Å²) in [6.45, 7) is 5.57. The van der Waals surface area contributed by atoms with Crippen LogP contribution in [-0.4, -0.2) is 21.7 Å². The minimum atomic E-state index is -0.760. The third-order valence-electron chi connectivity index (χ3n) is 3.12. The lowest BCUT2D eigenvalue weighted by Crippen LogP contribution is -2.39. The molecule has 2 rings (SSSR count). The van der Waals surface area contributed by atoms with Gasteiger partial charge >= 0.3 is 0 Å². The van der Waals surface area contributed by atoms with E-state index in [1.807, 2.05) is 31.3 Å². The zero-order valence-electron chi connectivity index (χ0n) is 10.4. The van der Waals surface area contributed by atoms with Crippen LogP contribution in [0.15, 0.2) is 36.7 Å². The van der Waals surface area contributed by atoms with Gasteiger partial charge in [-0.15, -0.1) is 0 Å². The molecule has 0 aliphatic heterocycles. The highest BCUT2D eigenvalue weighted by molar-refractivity contribution is 5.93. The van der Waals surface area contributed by atoms with Crippen LogP contribution in [0, 0.1) is 0 Å². The lowest BCUT2D eigenvalue weighted by Gasteiger charge is -2.28. The van der Waals surface area contributed by atoms with E-state index in [0.717, 1.165) is 16.5 Å². The lowest BCUT2D eigenvalue weighted by atomic mass is 10.00. The molecule has 3 heteroatoms. The van der Waals surface area contributed by atoms with Gasteiger partial charge in [0.2, 0.25) is 0 Å². The van der Waals surface area contributed by atoms with Gasteiger partial charge in [0, 0.05) is 23.5 Å². The molecule has 0 saturated carbocycles. The summed E-state index contributed by atoms with van der Waals surface area (Å²) in [6.07, 6.45) is 3.63. The van der Waals surface area contributed by atoms with Crippen molar-refractivity contribution in [1.29, 1.82) is 0 Å². The zero-order chi connectivity index (χ0) is 12.5. The first kappa shape index (κ1) is 11.9. The highest BCUT2D eigenvalue weighted by Gasteiger charge is 2.22. The Bertz CT molecular complexity index is 512. The zero-order valence-corrected chi connectivity index (χ0v) is 10.4. The number of pyridine rings is 1. The van der Waals surface area contributed by atoms with E-state index in [9.17, 15) is 5.11 Å². The average Bonchev–Trinajstić information content (AvgIpc) is 2.28. The maximum atomic E-state index is 9.94. The number of rotatable bonds is 3. The normalized spacial score (nSPS) is 13.6. The van der Waals surface area contributed by atoms with E-state index < -0.39 is 5.60 Å². The number of nitrogens with zero attached hydrogens (tertiary/aromatic N) is 1. The Labute approximate surface area is 102 Å². The van der Waals surface area contributed by atoms with Gasteiger partial charge in [-0.25, -0.2) is 0 Å². The molecular formula is C14H18N2O. The minimum absolute atomic E-state index is 0.0340. The van der Waals surface area contributed by atoms with Crippen LogP contribution in [0.4, 0.5) is 5.69 Å². The Morgan fingerprint density at radius 3 is 2.76 bits per heavy atom. The number of aliphatic hydroxyl groups is 1. The molecule has 1 aromatic carbocycles. The quantitative estimate of drug-likeness (QED) is 0.852. The molecule has 2 N–H and O–H groups in total. The Morgan fingerprint density at radius 2 is 2.06 bits per heavy atom. The third kappa shape index (κ3) is 2.56. The van der Waals surface area contributed by atoms with Crippen LogP contribution in [0.1, 0.15) is 20.8 Å². The maximum absolute atomic E-state index is 9.94. The second-order valence-electron chi connectivity index (χ2n) is 4.92. The molecule has 1 unspecified atom stereocenters. The third-order valence-corrected chi connectivity index (χ3v) is 3.12. The van der Waals surface area contributed by atoms with Crippen molar-refractivity contribution in [3.63, 3.8) is 0 Å². The van der Waals surface area contributed by atoms with Gasteiger partial charge in [-0.1, -0.05) is 12.1 Å². The standard InChI is InChI=1S/C14H18N2O/c1-10(14(2,3)17)16-13-6-4-5-11-7-8-15-9-12(11)13/h4-10,16-17H,1-3H3. The summed E-state index contributed by atoms with van der Waals surface area (Å²) in [7, 11) is 0. The number of aromatic nitrogens is 1. The molecule has 0 bridgehead atoms. The van der Waals surface area contributed by atoms with Gasteiger partial charge < -0.3 is 10.4 Å². The maximum Gasteiger partial charge on any atom is 0.0789 e. The largest absolute Gasteiger partial charge is 0.388 e. The smallest absolute Gasteiger partial charge is 0.0789 e. The van der Waals surface area contributed by atoms with Crippen LogP contribution < -0.4 is 5.32 Å². The molecule has 17 heavy (non-hydrogen) atoms. The van der Waals surface area contributed by atoms with Gasteiger partial charge in [0.25, 0.3) is 0 Å². The molecule has 0 saturated heterocycles. The van der Waals surface area contributed by atoms with Crippen LogP contribution >= 0.6 is 0 Å². The van der Waals surface area contributed by atoms with Crippen molar-refractivity contribution in [2.24, 2.45) is 0 Å². The van der Waals surface area contributed by atoms with E-state index in [1.54, 1.807) is 20.0 Å². The monoisotopic (exact) mass is 230 g/mol. The summed E-state index contributed by atoms with van der Waals surface area (Å²) in [5.41, 5.74) is 0.245. The SMILES string of the molecule is CC(Nc1cccc2ccncc12)C(C)(C)O. The van der Waals surface area contributed by atoms with Gasteiger partial charge in [0.1, 0.15) is 0 Å². The van der Waals surface area contributed by atoms with Gasteiger partial charge in [0.05, 0.1) is 11.6 Å². The van der Waals surface area contributed by atoms with E-state index >= 15 is 0 Å². The molecule has 0 amide bonds. The van der Waals surface area contributed by atoms with E-state index in [1.165, 1.54) is 0 Å². The van der Waals surface area contributed by atoms with Crippen molar-refractivity contribution in [3.8, 4) is 0 Å². The van der Waals surface area contributed by atoms with Gasteiger partial charge in [0.15, 0.2) is 0 Å². The Kier molecular flexibility index (Phi) is 3.03. The molecule has 0 aliphatic carbocycles. The summed E-state index contributed by atoms with van der Waals surface area (Å²) in [6, 6.07) is 8.01. The molecule has 0 radical (unpaired) electrons. The van der Waals surface area contributed by atoms with Crippen LogP contribution in [0.3, 0.4) is 0 Å². The average molecular weight is 230 g/mol. The second kappa shape index (κ2) is 4.34. The van der Waals surface area contributed by atoms with E-state index in [4.69, 9.17) is 0 Å². The Morgan fingerprint density at radius 1 is 1.29 bits per heavy atom. The fourth-order valence-electron chi connectivity index (χ4n) is 1.65. The number of fused-ring (bicyclic) bond motifs is 1. The number of hydrogen-bond acceptors (Lipinski definition) is 3. The van der Waals surface area contributed by atoms with Gasteiger partial charge in [-0.2, -0.15) is 0 Å². The lowest BCUT2D eigenvalue weighted by molar-refractivity contribution is 0.0649. The van der Waals surface area contributed by atoms with E-state index in [-0.39, 0.29) is 6.04 Å². The topological polar surface area (TPSA) is 45.2 Å². The highest BCUT2D eigenvalue weighted by Crippen LogP contribution is 2.24. The van der Waals surface area contributed by atoms with Crippen LogP contribution in [0.2, 0.25) is 0 Å².